The second-order valence-electron chi connectivity index (χ2n) is 6.67. The molecule has 1 aliphatic heterocycles. The van der Waals surface area contributed by atoms with E-state index in [-0.39, 0.29) is 30.0 Å². The van der Waals surface area contributed by atoms with Crippen molar-refractivity contribution in [3.63, 3.8) is 0 Å². The Morgan fingerprint density at radius 3 is 2.59 bits per heavy atom. The lowest BCUT2D eigenvalue weighted by Gasteiger charge is -2.18. The fourth-order valence-corrected chi connectivity index (χ4v) is 3.17. The molecular formula is C19H16F3N3O4. The van der Waals surface area contributed by atoms with Crippen molar-refractivity contribution in [2.45, 2.75) is 19.5 Å². The molecule has 0 aliphatic carbocycles. The van der Waals surface area contributed by atoms with E-state index < -0.39 is 34.4 Å². The summed E-state index contributed by atoms with van der Waals surface area (Å²) in [5.74, 6) is -2.05. The molecule has 1 saturated heterocycles. The molecule has 0 radical (unpaired) electrons. The van der Waals surface area contributed by atoms with Crippen LogP contribution in [0.2, 0.25) is 0 Å². The fraction of sp³-hybridized carbons (Fsp3) is 0.263. The molecule has 0 bridgehead atoms. The van der Waals surface area contributed by atoms with Crippen LogP contribution in [0.15, 0.2) is 42.5 Å². The number of para-hydroxylation sites is 1. The number of halogens is 3. The van der Waals surface area contributed by atoms with E-state index in [1.807, 2.05) is 0 Å². The highest BCUT2D eigenvalue weighted by atomic mass is 19.4. The zero-order valence-corrected chi connectivity index (χ0v) is 15.2. The number of hydrogen-bond acceptors (Lipinski definition) is 4. The molecule has 1 N–H and O–H groups in total. The van der Waals surface area contributed by atoms with Crippen molar-refractivity contribution in [1.82, 2.24) is 0 Å². The summed E-state index contributed by atoms with van der Waals surface area (Å²) in [5, 5.41) is 13.3. The second-order valence-corrected chi connectivity index (χ2v) is 6.67. The average molecular weight is 407 g/mol. The van der Waals surface area contributed by atoms with Crippen molar-refractivity contribution in [2.75, 3.05) is 16.8 Å². The molecule has 2 aromatic carbocycles. The van der Waals surface area contributed by atoms with Crippen LogP contribution in [0.3, 0.4) is 0 Å². The highest BCUT2D eigenvalue weighted by Crippen LogP contribution is 2.35. The van der Waals surface area contributed by atoms with Crippen LogP contribution in [0.25, 0.3) is 0 Å². The van der Waals surface area contributed by atoms with Crippen LogP contribution in [0.4, 0.5) is 30.2 Å². The molecule has 152 valence electrons. The van der Waals surface area contributed by atoms with Gasteiger partial charge < -0.3 is 10.2 Å². The lowest BCUT2D eigenvalue weighted by Crippen LogP contribution is -2.28. The number of aryl methyl sites for hydroxylation is 1. The summed E-state index contributed by atoms with van der Waals surface area (Å²) >= 11 is 0. The molecule has 0 aromatic heterocycles. The Morgan fingerprint density at radius 1 is 1.24 bits per heavy atom. The number of carbonyl (C=O) groups is 2. The molecule has 1 fully saturated rings. The zero-order valence-electron chi connectivity index (χ0n) is 15.2. The molecule has 29 heavy (non-hydrogen) atoms. The highest BCUT2D eigenvalue weighted by molar-refractivity contribution is 6.03. The molecule has 0 unspecified atom stereocenters. The topological polar surface area (TPSA) is 92.6 Å². The van der Waals surface area contributed by atoms with E-state index in [1.54, 1.807) is 6.92 Å². The highest BCUT2D eigenvalue weighted by Gasteiger charge is 2.38. The van der Waals surface area contributed by atoms with Crippen molar-refractivity contribution < 1.29 is 27.7 Å². The third-order valence-electron chi connectivity index (χ3n) is 4.69. The third kappa shape index (κ3) is 4.20. The number of alkyl halides is 3. The molecular weight excluding hydrogens is 391 g/mol. The molecule has 1 heterocycles. The quantitative estimate of drug-likeness (QED) is 0.614. The van der Waals surface area contributed by atoms with Gasteiger partial charge in [-0.3, -0.25) is 19.7 Å². The van der Waals surface area contributed by atoms with Gasteiger partial charge in [0.1, 0.15) is 0 Å². The van der Waals surface area contributed by atoms with Crippen LogP contribution in [0.5, 0.6) is 0 Å². The van der Waals surface area contributed by atoms with Crippen molar-refractivity contribution in [2.24, 2.45) is 5.92 Å². The maximum Gasteiger partial charge on any atom is 0.418 e. The van der Waals surface area contributed by atoms with Gasteiger partial charge in [-0.05, 0) is 25.1 Å². The first kappa shape index (κ1) is 20.3. The molecule has 10 heteroatoms. The summed E-state index contributed by atoms with van der Waals surface area (Å²) in [6, 6.07) is 8.83. The Labute approximate surface area is 163 Å². The summed E-state index contributed by atoms with van der Waals surface area (Å²) in [5.41, 5.74) is -0.852. The number of nitro groups is 1. The average Bonchev–Trinajstić information content (AvgIpc) is 3.03. The summed E-state index contributed by atoms with van der Waals surface area (Å²) in [6.07, 6.45) is -4.84. The molecule has 1 atom stereocenters. The van der Waals surface area contributed by atoms with E-state index in [9.17, 15) is 32.9 Å². The van der Waals surface area contributed by atoms with Gasteiger partial charge in [0.05, 0.1) is 27.8 Å². The Bertz CT molecular complexity index is 991. The minimum absolute atomic E-state index is 0.0843. The molecule has 0 spiro atoms. The predicted molar refractivity (Wildman–Crippen MR) is 98.4 cm³/mol. The molecule has 3 rings (SSSR count). The van der Waals surface area contributed by atoms with Crippen LogP contribution in [0.1, 0.15) is 17.5 Å². The first-order valence-corrected chi connectivity index (χ1v) is 8.60. The number of rotatable bonds is 4. The van der Waals surface area contributed by atoms with E-state index >= 15 is 0 Å². The van der Waals surface area contributed by atoms with Crippen LogP contribution in [-0.4, -0.2) is 23.3 Å². The van der Waals surface area contributed by atoms with Gasteiger partial charge >= 0.3 is 6.18 Å². The van der Waals surface area contributed by atoms with Crippen molar-refractivity contribution >= 4 is 28.9 Å². The van der Waals surface area contributed by atoms with Crippen LogP contribution in [0, 0.1) is 23.0 Å². The predicted octanol–water partition coefficient (Wildman–Crippen LogP) is 3.91. The van der Waals surface area contributed by atoms with E-state index in [0.717, 1.165) is 12.1 Å². The Morgan fingerprint density at radius 2 is 1.93 bits per heavy atom. The Hall–Kier alpha value is -3.43. The number of nitrogens with zero attached hydrogens (tertiary/aromatic N) is 2. The standard InChI is InChI=1S/C19H16F3N3O4/c1-11-6-7-13(9-16(11)25(28)29)24-10-12(8-17(24)26)18(27)23-15-5-3-2-4-14(15)19(20,21)22/h2-7,9,12H,8,10H2,1H3,(H,23,27)/t12-/m0/s1. The zero-order chi connectivity index (χ0) is 21.3. The second kappa shape index (κ2) is 7.53. The first-order chi connectivity index (χ1) is 13.6. The monoisotopic (exact) mass is 407 g/mol. The third-order valence-corrected chi connectivity index (χ3v) is 4.69. The van der Waals surface area contributed by atoms with Gasteiger partial charge in [0.25, 0.3) is 5.69 Å². The van der Waals surface area contributed by atoms with E-state index in [2.05, 4.69) is 5.32 Å². The summed E-state index contributed by atoms with van der Waals surface area (Å²) in [7, 11) is 0. The van der Waals surface area contributed by atoms with Gasteiger partial charge in [0.2, 0.25) is 11.8 Å². The van der Waals surface area contributed by atoms with Crippen LogP contribution < -0.4 is 10.2 Å². The van der Waals surface area contributed by atoms with Gasteiger partial charge in [0.15, 0.2) is 0 Å². The number of nitro benzene ring substituents is 1. The SMILES string of the molecule is Cc1ccc(N2C[C@@H](C(=O)Nc3ccccc3C(F)(F)F)CC2=O)cc1[N+](=O)[O-]. The van der Waals surface area contributed by atoms with Crippen LogP contribution in [-0.2, 0) is 15.8 Å². The number of benzene rings is 2. The molecule has 7 nitrogen and oxygen atoms in total. The molecule has 2 aromatic rings. The van der Waals surface area contributed by atoms with Crippen LogP contribution >= 0.6 is 0 Å². The first-order valence-electron chi connectivity index (χ1n) is 8.60. The number of carbonyl (C=O) groups excluding carboxylic acids is 2. The Kier molecular flexibility index (Phi) is 5.27. The van der Waals surface area contributed by atoms with Gasteiger partial charge in [0, 0.05) is 24.6 Å². The van der Waals surface area contributed by atoms with Gasteiger partial charge in [-0.1, -0.05) is 18.2 Å². The molecule has 1 aliphatic rings. The normalized spacial score (nSPS) is 16.8. The molecule has 2 amide bonds. The largest absolute Gasteiger partial charge is 0.418 e. The maximum absolute atomic E-state index is 13.1. The van der Waals surface area contributed by atoms with E-state index in [0.29, 0.717) is 5.56 Å². The lowest BCUT2D eigenvalue weighted by atomic mass is 10.1. The smallest absolute Gasteiger partial charge is 0.325 e. The molecule has 0 saturated carbocycles. The van der Waals surface area contributed by atoms with Gasteiger partial charge in [-0.25, -0.2) is 0 Å². The Balaban J connectivity index is 1.78. The summed E-state index contributed by atoms with van der Waals surface area (Å²) in [6.45, 7) is 1.47. The number of anilines is 2. The fourth-order valence-electron chi connectivity index (χ4n) is 3.17. The number of nitrogens with one attached hydrogen (secondary N) is 1. The number of amides is 2. The van der Waals surface area contributed by atoms with E-state index in [4.69, 9.17) is 0 Å². The van der Waals surface area contributed by atoms with Crippen molar-refractivity contribution in [3.05, 3.63) is 63.7 Å². The van der Waals surface area contributed by atoms with Gasteiger partial charge in [-0.2, -0.15) is 13.2 Å². The van der Waals surface area contributed by atoms with E-state index in [1.165, 1.54) is 35.2 Å². The minimum atomic E-state index is -4.64. The van der Waals surface area contributed by atoms with Crippen molar-refractivity contribution in [1.29, 1.82) is 0 Å². The number of hydrogen-bond donors (Lipinski definition) is 1. The summed E-state index contributed by atoms with van der Waals surface area (Å²) in [4.78, 5) is 36.6. The maximum atomic E-state index is 13.1. The summed E-state index contributed by atoms with van der Waals surface area (Å²) < 4.78 is 39.3. The van der Waals surface area contributed by atoms with Gasteiger partial charge in [-0.15, -0.1) is 0 Å². The van der Waals surface area contributed by atoms with Crippen molar-refractivity contribution in [3.8, 4) is 0 Å². The minimum Gasteiger partial charge on any atom is -0.325 e. The lowest BCUT2D eigenvalue weighted by molar-refractivity contribution is -0.385.